The van der Waals surface area contributed by atoms with Crippen molar-refractivity contribution < 1.29 is 13.0 Å². The molecule has 5 heteroatoms. The molecule has 0 unspecified atom stereocenters. The van der Waals surface area contributed by atoms with Crippen LogP contribution < -0.4 is 3.89 Å². The molecule has 0 saturated heterocycles. The Kier molecular flexibility index (Phi) is 3.21. The third-order valence-corrected chi connectivity index (χ3v) is 4.30. The van der Waals surface area contributed by atoms with Crippen molar-refractivity contribution in [2.75, 3.05) is 7.05 Å². The molecule has 0 bridgehead atoms. The van der Waals surface area contributed by atoms with Gasteiger partial charge >= 0.3 is 10.3 Å². The molecule has 0 aliphatic carbocycles. The number of para-hydroxylation sites is 2. The lowest BCUT2D eigenvalue weighted by molar-refractivity contribution is 0.429. The van der Waals surface area contributed by atoms with Crippen LogP contribution in [0.1, 0.15) is 0 Å². The maximum absolute atomic E-state index is 11.8. The number of nitrogens with zero attached hydrogens (tertiary/aromatic N) is 1. The Morgan fingerprint density at radius 1 is 0.833 bits per heavy atom. The van der Waals surface area contributed by atoms with Gasteiger partial charge in [-0.2, -0.15) is 0 Å². The summed E-state index contributed by atoms with van der Waals surface area (Å²) in [5.74, 6) is 0. The van der Waals surface area contributed by atoms with Gasteiger partial charge in [0.25, 0.3) is 0 Å². The highest BCUT2D eigenvalue weighted by atomic mass is 32.2. The predicted octanol–water partition coefficient (Wildman–Crippen LogP) is 2.76. The Morgan fingerprint density at radius 3 is 1.44 bits per heavy atom. The van der Waals surface area contributed by atoms with Crippen molar-refractivity contribution in [1.29, 1.82) is 0 Å². The zero-order chi connectivity index (χ0) is 13.2. The van der Waals surface area contributed by atoms with E-state index in [1.165, 1.54) is 7.05 Å². The van der Waals surface area contributed by atoms with E-state index in [0.717, 1.165) is 0 Å². The summed E-state index contributed by atoms with van der Waals surface area (Å²) in [6.07, 6.45) is 0. The van der Waals surface area contributed by atoms with Gasteiger partial charge in [-0.25, -0.2) is 4.55 Å². The Bertz CT molecular complexity index is 584. The van der Waals surface area contributed by atoms with Crippen LogP contribution in [0.2, 0.25) is 0 Å². The van der Waals surface area contributed by atoms with Crippen LogP contribution in [-0.4, -0.2) is 20.0 Å². The first-order valence-electron chi connectivity index (χ1n) is 5.41. The zero-order valence-corrected chi connectivity index (χ0v) is 10.7. The Labute approximate surface area is 107 Å². The molecule has 0 amide bonds. The summed E-state index contributed by atoms with van der Waals surface area (Å²) in [6.45, 7) is 0. The minimum Gasteiger partial charge on any atom is -0.241 e. The molecule has 2 aromatic carbocycles. The van der Waals surface area contributed by atoms with E-state index in [-0.39, 0.29) is 0 Å². The van der Waals surface area contributed by atoms with Gasteiger partial charge in [0.1, 0.15) is 0 Å². The lowest BCUT2D eigenvalue weighted by Gasteiger charge is -2.28. The first kappa shape index (κ1) is 12.8. The molecule has 0 aliphatic rings. The van der Waals surface area contributed by atoms with Gasteiger partial charge in [-0.05, 0) is 0 Å². The van der Waals surface area contributed by atoms with Gasteiger partial charge in [0.05, 0.1) is 7.05 Å². The van der Waals surface area contributed by atoms with Gasteiger partial charge in [0, 0.05) is 24.3 Å². The maximum Gasteiger partial charge on any atom is 0.442 e. The number of quaternary nitrogens is 1. The SMILES string of the molecule is C[N+](c1ccccc1)(c1ccccc1)S(=O)(=O)O. The van der Waals surface area contributed by atoms with E-state index in [1.807, 2.05) is 0 Å². The minimum atomic E-state index is -4.33. The highest BCUT2D eigenvalue weighted by molar-refractivity contribution is 7.85. The first-order valence-corrected chi connectivity index (χ1v) is 6.81. The molecule has 18 heavy (non-hydrogen) atoms. The predicted molar refractivity (Wildman–Crippen MR) is 71.8 cm³/mol. The van der Waals surface area contributed by atoms with Crippen LogP contribution in [0, 0.1) is 0 Å². The fourth-order valence-corrected chi connectivity index (χ4v) is 2.62. The molecule has 94 valence electrons. The fourth-order valence-electron chi connectivity index (χ4n) is 1.84. The topological polar surface area (TPSA) is 54.4 Å². The number of hydrogen-bond acceptors (Lipinski definition) is 2. The Morgan fingerprint density at radius 2 is 1.17 bits per heavy atom. The lowest BCUT2D eigenvalue weighted by atomic mass is 10.2. The highest BCUT2D eigenvalue weighted by Crippen LogP contribution is 2.35. The highest BCUT2D eigenvalue weighted by Gasteiger charge is 2.41. The van der Waals surface area contributed by atoms with Gasteiger partial charge in [-0.1, -0.05) is 36.4 Å². The van der Waals surface area contributed by atoms with Crippen molar-refractivity contribution in [1.82, 2.24) is 3.89 Å². The van der Waals surface area contributed by atoms with E-state index < -0.39 is 14.2 Å². The standard InChI is InChI=1S/C13H13NO3S/c1-14(18(15,16)17,12-8-4-2-5-9-12)13-10-6-3-7-11-13/h2-11H,1H3/p+1. The van der Waals surface area contributed by atoms with Crippen molar-refractivity contribution in [3.8, 4) is 0 Å². The summed E-state index contributed by atoms with van der Waals surface area (Å²) in [5, 5.41) is 0. The molecular weight excluding hydrogens is 250 g/mol. The summed E-state index contributed by atoms with van der Waals surface area (Å²) in [4.78, 5) is 0. The van der Waals surface area contributed by atoms with Crippen molar-refractivity contribution in [3.63, 3.8) is 0 Å². The molecule has 0 atom stereocenters. The molecule has 0 spiro atoms. The average Bonchev–Trinajstić information content (AvgIpc) is 2.38. The first-order chi connectivity index (χ1) is 8.46. The van der Waals surface area contributed by atoms with E-state index in [4.69, 9.17) is 0 Å². The lowest BCUT2D eigenvalue weighted by Crippen LogP contribution is -2.45. The maximum atomic E-state index is 11.8. The fraction of sp³-hybridized carbons (Fsp3) is 0.0769. The van der Waals surface area contributed by atoms with Crippen molar-refractivity contribution in [2.24, 2.45) is 0 Å². The molecule has 1 N–H and O–H groups in total. The zero-order valence-electron chi connectivity index (χ0n) is 9.89. The quantitative estimate of drug-likeness (QED) is 0.685. The smallest absolute Gasteiger partial charge is 0.241 e. The molecule has 0 aliphatic heterocycles. The number of benzene rings is 2. The summed E-state index contributed by atoms with van der Waals surface area (Å²) < 4.78 is 32.5. The summed E-state index contributed by atoms with van der Waals surface area (Å²) in [6, 6.07) is 17.2. The van der Waals surface area contributed by atoms with Crippen molar-refractivity contribution in [3.05, 3.63) is 60.7 Å². The normalized spacial score (nSPS) is 12.3. The summed E-state index contributed by atoms with van der Waals surface area (Å²) in [7, 11) is -2.89. The van der Waals surface area contributed by atoms with Crippen LogP contribution in [0.25, 0.3) is 0 Å². The number of rotatable bonds is 3. The van der Waals surface area contributed by atoms with E-state index in [1.54, 1.807) is 60.7 Å². The molecule has 0 saturated carbocycles. The van der Waals surface area contributed by atoms with Crippen molar-refractivity contribution in [2.45, 2.75) is 0 Å². The monoisotopic (exact) mass is 264 g/mol. The minimum absolute atomic E-state index is 0.478. The second-order valence-corrected chi connectivity index (χ2v) is 5.67. The van der Waals surface area contributed by atoms with Crippen molar-refractivity contribution >= 4 is 21.7 Å². The van der Waals surface area contributed by atoms with E-state index >= 15 is 0 Å². The van der Waals surface area contributed by atoms with Gasteiger partial charge in [0.2, 0.25) is 0 Å². The van der Waals surface area contributed by atoms with Crippen LogP contribution in [0.3, 0.4) is 0 Å². The van der Waals surface area contributed by atoms with Crippen LogP contribution in [0.15, 0.2) is 60.7 Å². The van der Waals surface area contributed by atoms with E-state index in [2.05, 4.69) is 0 Å². The average molecular weight is 264 g/mol. The van der Waals surface area contributed by atoms with Crippen LogP contribution in [-0.2, 0) is 10.3 Å². The van der Waals surface area contributed by atoms with Crippen LogP contribution in [0.4, 0.5) is 11.4 Å². The molecule has 0 heterocycles. The van der Waals surface area contributed by atoms with Gasteiger partial charge in [-0.15, -0.1) is 12.3 Å². The van der Waals surface area contributed by atoms with Crippen LogP contribution >= 0.6 is 0 Å². The van der Waals surface area contributed by atoms with E-state index in [0.29, 0.717) is 11.4 Å². The molecule has 0 radical (unpaired) electrons. The Hall–Kier alpha value is -1.69. The van der Waals surface area contributed by atoms with Gasteiger partial charge < -0.3 is 0 Å². The van der Waals surface area contributed by atoms with E-state index in [9.17, 15) is 13.0 Å². The van der Waals surface area contributed by atoms with Crippen LogP contribution in [0.5, 0.6) is 0 Å². The molecule has 0 aromatic heterocycles. The molecule has 4 nitrogen and oxygen atoms in total. The van der Waals surface area contributed by atoms with Gasteiger partial charge in [0.15, 0.2) is 11.4 Å². The summed E-state index contributed by atoms with van der Waals surface area (Å²) >= 11 is 0. The molecule has 2 rings (SSSR count). The molecular formula is C13H14NO3S+. The third-order valence-electron chi connectivity index (χ3n) is 2.96. The second-order valence-electron chi connectivity index (χ2n) is 4.04. The molecule has 0 fully saturated rings. The van der Waals surface area contributed by atoms with Gasteiger partial charge in [-0.3, -0.25) is 0 Å². The largest absolute Gasteiger partial charge is 0.442 e. The number of hydrogen-bond donors (Lipinski definition) is 1. The Balaban J connectivity index is 2.72. The second kappa shape index (κ2) is 4.53. The third kappa shape index (κ3) is 2.03. The summed E-state index contributed by atoms with van der Waals surface area (Å²) in [5.41, 5.74) is 0.956. The molecule has 2 aromatic rings.